The van der Waals surface area contributed by atoms with Crippen LogP contribution in [0.3, 0.4) is 0 Å². The van der Waals surface area contributed by atoms with E-state index in [1.165, 1.54) is 11.3 Å². The molecule has 3 rings (SSSR count). The predicted molar refractivity (Wildman–Crippen MR) is 74.0 cm³/mol. The van der Waals surface area contributed by atoms with E-state index < -0.39 is 6.04 Å². The van der Waals surface area contributed by atoms with Crippen molar-refractivity contribution < 1.29 is 9.59 Å². The molecular formula is C11H14N4O2S2. The second-order valence-electron chi connectivity index (χ2n) is 4.88. The maximum atomic E-state index is 12.3. The van der Waals surface area contributed by atoms with Crippen LogP contribution in [-0.2, 0) is 9.59 Å². The molecule has 0 saturated carbocycles. The van der Waals surface area contributed by atoms with Crippen LogP contribution in [0.1, 0.15) is 24.8 Å². The number of fused-ring (bicyclic) bond motifs is 1. The van der Waals surface area contributed by atoms with Crippen molar-refractivity contribution in [2.75, 3.05) is 11.1 Å². The standard InChI is InChI=1S/C11H14N4O2S2/c1-6-13-14-10(19-6)12-9(17)7-5-18-11(2)4-3-8(16)15(7)11/h7H,3-5H2,1-2H3,(H,12,14,17)/t7-,11+/m0/s1. The first-order valence-corrected chi connectivity index (χ1v) is 7.87. The van der Waals surface area contributed by atoms with Crippen molar-refractivity contribution in [1.82, 2.24) is 15.1 Å². The fraction of sp³-hybridized carbons (Fsp3) is 0.636. The van der Waals surface area contributed by atoms with Crippen molar-refractivity contribution in [2.24, 2.45) is 0 Å². The van der Waals surface area contributed by atoms with Gasteiger partial charge in [-0.15, -0.1) is 22.0 Å². The third kappa shape index (κ3) is 2.12. The molecule has 1 aromatic heterocycles. The molecule has 0 aliphatic carbocycles. The van der Waals surface area contributed by atoms with E-state index >= 15 is 0 Å². The maximum Gasteiger partial charge on any atom is 0.249 e. The van der Waals surface area contributed by atoms with E-state index in [1.54, 1.807) is 16.7 Å². The summed E-state index contributed by atoms with van der Waals surface area (Å²) in [4.78, 5) is 25.7. The fourth-order valence-corrected chi connectivity index (χ4v) is 4.58. The minimum atomic E-state index is -0.394. The third-order valence-corrected chi connectivity index (χ3v) is 5.76. The molecule has 6 nitrogen and oxygen atoms in total. The highest BCUT2D eigenvalue weighted by Crippen LogP contribution is 2.47. The van der Waals surface area contributed by atoms with Gasteiger partial charge in [-0.05, 0) is 20.3 Å². The molecule has 0 radical (unpaired) electrons. The molecular weight excluding hydrogens is 284 g/mol. The number of thioether (sulfide) groups is 1. The van der Waals surface area contributed by atoms with Gasteiger partial charge in [0.25, 0.3) is 0 Å². The van der Waals surface area contributed by atoms with Crippen molar-refractivity contribution in [3.8, 4) is 0 Å². The number of aryl methyl sites for hydroxylation is 1. The van der Waals surface area contributed by atoms with Gasteiger partial charge >= 0.3 is 0 Å². The number of aromatic nitrogens is 2. The average molecular weight is 298 g/mol. The molecule has 1 aromatic rings. The van der Waals surface area contributed by atoms with Crippen LogP contribution in [0.2, 0.25) is 0 Å². The second kappa shape index (κ2) is 4.45. The summed E-state index contributed by atoms with van der Waals surface area (Å²) < 4.78 is 0. The first-order valence-electron chi connectivity index (χ1n) is 6.07. The van der Waals surface area contributed by atoms with E-state index in [1.807, 2.05) is 13.8 Å². The van der Waals surface area contributed by atoms with Crippen LogP contribution in [0.25, 0.3) is 0 Å². The molecule has 2 atom stereocenters. The zero-order valence-electron chi connectivity index (χ0n) is 10.7. The van der Waals surface area contributed by atoms with Gasteiger partial charge in [0.2, 0.25) is 16.9 Å². The second-order valence-corrected chi connectivity index (χ2v) is 7.56. The van der Waals surface area contributed by atoms with E-state index in [-0.39, 0.29) is 16.7 Å². The Bertz CT molecular complexity index is 547. The van der Waals surface area contributed by atoms with Crippen molar-refractivity contribution >= 4 is 40.0 Å². The van der Waals surface area contributed by atoms with Gasteiger partial charge in [0.1, 0.15) is 11.0 Å². The highest BCUT2D eigenvalue weighted by Gasteiger charge is 2.52. The number of carbonyl (C=O) groups excluding carboxylic acids is 2. The van der Waals surface area contributed by atoms with Crippen molar-refractivity contribution in [2.45, 2.75) is 37.6 Å². The van der Waals surface area contributed by atoms with Gasteiger partial charge in [-0.1, -0.05) is 11.3 Å². The molecule has 2 fully saturated rings. The lowest BCUT2D eigenvalue weighted by Crippen LogP contribution is -2.48. The zero-order chi connectivity index (χ0) is 13.6. The Hall–Kier alpha value is -1.15. The summed E-state index contributed by atoms with van der Waals surface area (Å²) in [6.07, 6.45) is 1.35. The van der Waals surface area contributed by atoms with Crippen LogP contribution in [0, 0.1) is 6.92 Å². The molecule has 8 heteroatoms. The smallest absolute Gasteiger partial charge is 0.249 e. The molecule has 0 spiro atoms. The Balaban J connectivity index is 1.76. The Morgan fingerprint density at radius 1 is 1.53 bits per heavy atom. The summed E-state index contributed by atoms with van der Waals surface area (Å²) in [6, 6.07) is -0.394. The molecule has 2 amide bonds. The largest absolute Gasteiger partial charge is 0.315 e. The number of hydrogen-bond acceptors (Lipinski definition) is 6. The molecule has 2 saturated heterocycles. The Morgan fingerprint density at radius 3 is 3.00 bits per heavy atom. The minimum absolute atomic E-state index is 0.0705. The SMILES string of the molecule is Cc1nnc(NC(=O)[C@@H]2CS[C@]3(C)CCC(=O)N23)s1. The Kier molecular flexibility index (Phi) is 3.01. The van der Waals surface area contributed by atoms with Crippen LogP contribution < -0.4 is 5.32 Å². The maximum absolute atomic E-state index is 12.3. The van der Waals surface area contributed by atoms with Gasteiger partial charge in [0.05, 0.1) is 4.87 Å². The Labute approximate surface area is 119 Å². The highest BCUT2D eigenvalue weighted by molar-refractivity contribution is 8.01. The molecule has 2 aliphatic heterocycles. The summed E-state index contributed by atoms with van der Waals surface area (Å²) in [7, 11) is 0. The lowest BCUT2D eigenvalue weighted by molar-refractivity contribution is -0.135. The van der Waals surface area contributed by atoms with Crippen LogP contribution >= 0.6 is 23.1 Å². The summed E-state index contributed by atoms with van der Waals surface area (Å²) in [5, 5.41) is 11.8. The fourth-order valence-electron chi connectivity index (χ4n) is 2.55. The zero-order valence-corrected chi connectivity index (χ0v) is 12.3. The van der Waals surface area contributed by atoms with Crippen molar-refractivity contribution in [1.29, 1.82) is 0 Å². The number of amides is 2. The molecule has 1 N–H and O–H groups in total. The third-order valence-electron chi connectivity index (χ3n) is 3.50. The van der Waals surface area contributed by atoms with Gasteiger partial charge in [-0.3, -0.25) is 14.9 Å². The number of rotatable bonds is 2. The normalized spacial score (nSPS) is 29.7. The molecule has 0 aromatic carbocycles. The average Bonchev–Trinajstić information content (AvgIpc) is 2.97. The number of hydrogen-bond donors (Lipinski definition) is 1. The van der Waals surface area contributed by atoms with E-state index in [0.717, 1.165) is 11.4 Å². The summed E-state index contributed by atoms with van der Waals surface area (Å²) >= 11 is 3.02. The number of nitrogens with one attached hydrogen (secondary N) is 1. The lowest BCUT2D eigenvalue weighted by Gasteiger charge is -2.29. The first-order chi connectivity index (χ1) is 8.99. The van der Waals surface area contributed by atoms with E-state index in [0.29, 0.717) is 17.3 Å². The van der Waals surface area contributed by atoms with Crippen LogP contribution in [0.15, 0.2) is 0 Å². The summed E-state index contributed by atoms with van der Waals surface area (Å²) in [5.74, 6) is 0.551. The van der Waals surface area contributed by atoms with Crippen molar-refractivity contribution in [3.05, 3.63) is 5.01 Å². The highest BCUT2D eigenvalue weighted by atomic mass is 32.2. The van der Waals surface area contributed by atoms with Crippen LogP contribution in [-0.4, -0.2) is 43.6 Å². The molecule has 3 heterocycles. The van der Waals surface area contributed by atoms with Gasteiger partial charge < -0.3 is 4.90 Å². The van der Waals surface area contributed by atoms with E-state index in [2.05, 4.69) is 15.5 Å². The first kappa shape index (κ1) is 12.9. The Morgan fingerprint density at radius 2 is 2.32 bits per heavy atom. The quantitative estimate of drug-likeness (QED) is 0.889. The minimum Gasteiger partial charge on any atom is -0.315 e. The molecule has 2 aliphatic rings. The van der Waals surface area contributed by atoms with Crippen molar-refractivity contribution in [3.63, 3.8) is 0 Å². The number of anilines is 1. The van der Waals surface area contributed by atoms with Gasteiger partial charge in [0, 0.05) is 12.2 Å². The number of carbonyl (C=O) groups is 2. The summed E-state index contributed by atoms with van der Waals surface area (Å²) in [6.45, 7) is 3.87. The van der Waals surface area contributed by atoms with Crippen LogP contribution in [0.4, 0.5) is 5.13 Å². The molecule has 0 bridgehead atoms. The number of nitrogens with zero attached hydrogens (tertiary/aromatic N) is 3. The van der Waals surface area contributed by atoms with E-state index in [9.17, 15) is 9.59 Å². The van der Waals surface area contributed by atoms with Gasteiger partial charge in [-0.2, -0.15) is 0 Å². The van der Waals surface area contributed by atoms with Crippen LogP contribution in [0.5, 0.6) is 0 Å². The monoisotopic (exact) mass is 298 g/mol. The van der Waals surface area contributed by atoms with E-state index in [4.69, 9.17) is 0 Å². The van der Waals surface area contributed by atoms with Gasteiger partial charge in [-0.25, -0.2) is 0 Å². The molecule has 102 valence electrons. The molecule has 19 heavy (non-hydrogen) atoms. The van der Waals surface area contributed by atoms with Gasteiger partial charge in [0.15, 0.2) is 0 Å². The summed E-state index contributed by atoms with van der Waals surface area (Å²) in [5.41, 5.74) is 0. The topological polar surface area (TPSA) is 75.2 Å². The molecule has 0 unspecified atom stereocenters. The predicted octanol–water partition coefficient (Wildman–Crippen LogP) is 1.24. The lowest BCUT2D eigenvalue weighted by atomic mass is 10.2.